The smallest absolute Gasteiger partial charge is 0.215 e. The fourth-order valence-electron chi connectivity index (χ4n) is 1.44. The van der Waals surface area contributed by atoms with E-state index in [4.69, 9.17) is 6.42 Å². The van der Waals surface area contributed by atoms with Gasteiger partial charge in [-0.05, 0) is 26.2 Å². The van der Waals surface area contributed by atoms with Gasteiger partial charge >= 0.3 is 0 Å². The van der Waals surface area contributed by atoms with E-state index in [1.807, 2.05) is 32.1 Å². The third-order valence-corrected chi connectivity index (χ3v) is 2.14. The van der Waals surface area contributed by atoms with Gasteiger partial charge in [-0.3, -0.25) is 4.79 Å². The Kier molecular flexibility index (Phi) is 2.19. The molecule has 1 heteroatoms. The predicted octanol–water partition coefficient (Wildman–Crippen LogP) is 2.10. The van der Waals surface area contributed by atoms with Gasteiger partial charge in [0, 0.05) is 0 Å². The van der Waals surface area contributed by atoms with Crippen molar-refractivity contribution in [2.45, 2.75) is 20.3 Å². The molecule has 1 atom stereocenters. The summed E-state index contributed by atoms with van der Waals surface area (Å²) in [6, 6.07) is 0. The fraction of sp³-hybridized carbons (Fsp3) is 0.364. The van der Waals surface area contributed by atoms with E-state index in [0.29, 0.717) is 0 Å². The van der Waals surface area contributed by atoms with Crippen molar-refractivity contribution < 1.29 is 4.79 Å². The lowest BCUT2D eigenvalue weighted by atomic mass is 9.77. The van der Waals surface area contributed by atoms with Crippen LogP contribution in [0.5, 0.6) is 0 Å². The molecular weight excluding hydrogens is 148 g/mol. The van der Waals surface area contributed by atoms with Crippen LogP contribution in [-0.2, 0) is 4.79 Å². The Morgan fingerprint density at radius 3 is 2.92 bits per heavy atom. The minimum atomic E-state index is -0.465. The minimum absolute atomic E-state index is 0.133. The largest absolute Gasteiger partial charge is 0.284 e. The summed E-state index contributed by atoms with van der Waals surface area (Å²) in [5.74, 6) is 2.05. The standard InChI is InChI=1S/C11H12O/c1-4-10(12)11(3)7-5-6-9(2)8-11/h1,5-7H,8H2,2-3H3. The molecule has 0 aliphatic heterocycles. The molecule has 0 aromatic heterocycles. The van der Waals surface area contributed by atoms with Crippen LogP contribution in [0.25, 0.3) is 0 Å². The van der Waals surface area contributed by atoms with Crippen molar-refractivity contribution in [3.8, 4) is 12.3 Å². The maximum atomic E-state index is 11.3. The van der Waals surface area contributed by atoms with Crippen molar-refractivity contribution in [3.05, 3.63) is 23.8 Å². The summed E-state index contributed by atoms with van der Waals surface area (Å²) in [5.41, 5.74) is 0.733. The van der Waals surface area contributed by atoms with E-state index < -0.39 is 5.41 Å². The average molecular weight is 160 g/mol. The lowest BCUT2D eigenvalue weighted by molar-refractivity contribution is -0.119. The van der Waals surface area contributed by atoms with Gasteiger partial charge in [0.1, 0.15) is 0 Å². The highest BCUT2D eigenvalue weighted by atomic mass is 16.1. The molecular formula is C11H12O. The van der Waals surface area contributed by atoms with Crippen molar-refractivity contribution in [1.29, 1.82) is 0 Å². The highest BCUT2D eigenvalue weighted by Gasteiger charge is 2.30. The van der Waals surface area contributed by atoms with Crippen LogP contribution >= 0.6 is 0 Å². The van der Waals surface area contributed by atoms with Crippen LogP contribution in [0.15, 0.2) is 23.8 Å². The third-order valence-electron chi connectivity index (χ3n) is 2.14. The molecule has 0 spiro atoms. The summed E-state index contributed by atoms with van der Waals surface area (Å²) in [7, 11) is 0. The van der Waals surface area contributed by atoms with Gasteiger partial charge in [0.05, 0.1) is 5.41 Å². The Balaban J connectivity index is 2.91. The molecule has 0 saturated carbocycles. The number of Topliss-reactive ketones (excluding diaryl/α,β-unsaturated/α-hetero) is 1. The second-order valence-corrected chi connectivity index (χ2v) is 3.44. The first-order valence-electron chi connectivity index (χ1n) is 3.94. The molecule has 1 unspecified atom stereocenters. The quantitative estimate of drug-likeness (QED) is 0.424. The Morgan fingerprint density at radius 2 is 2.42 bits per heavy atom. The van der Waals surface area contributed by atoms with Gasteiger partial charge in [-0.2, -0.15) is 0 Å². The molecule has 0 heterocycles. The summed E-state index contributed by atoms with van der Waals surface area (Å²) in [4.78, 5) is 11.3. The average Bonchev–Trinajstić information content (AvgIpc) is 2.02. The van der Waals surface area contributed by atoms with Crippen LogP contribution in [0.2, 0.25) is 0 Å². The van der Waals surface area contributed by atoms with E-state index >= 15 is 0 Å². The Labute approximate surface area is 73.2 Å². The molecule has 62 valence electrons. The summed E-state index contributed by atoms with van der Waals surface area (Å²) in [5, 5.41) is 0. The third kappa shape index (κ3) is 1.48. The van der Waals surface area contributed by atoms with Crippen LogP contribution in [0.1, 0.15) is 20.3 Å². The van der Waals surface area contributed by atoms with Crippen LogP contribution < -0.4 is 0 Å². The number of ketones is 1. The van der Waals surface area contributed by atoms with E-state index in [1.54, 1.807) is 0 Å². The maximum Gasteiger partial charge on any atom is 0.215 e. The maximum absolute atomic E-state index is 11.3. The van der Waals surface area contributed by atoms with Crippen molar-refractivity contribution in [2.24, 2.45) is 5.41 Å². The summed E-state index contributed by atoms with van der Waals surface area (Å²) < 4.78 is 0. The summed E-state index contributed by atoms with van der Waals surface area (Å²) >= 11 is 0. The number of terminal acetylenes is 1. The van der Waals surface area contributed by atoms with Gasteiger partial charge < -0.3 is 0 Å². The first-order chi connectivity index (χ1) is 5.58. The van der Waals surface area contributed by atoms with E-state index in [-0.39, 0.29) is 5.78 Å². The predicted molar refractivity (Wildman–Crippen MR) is 49.5 cm³/mol. The lowest BCUT2D eigenvalue weighted by Crippen LogP contribution is -2.25. The van der Waals surface area contributed by atoms with E-state index in [0.717, 1.165) is 6.42 Å². The van der Waals surface area contributed by atoms with Gasteiger partial charge in [0.25, 0.3) is 0 Å². The van der Waals surface area contributed by atoms with Crippen molar-refractivity contribution in [3.63, 3.8) is 0 Å². The molecule has 1 aliphatic carbocycles. The zero-order chi connectivity index (χ0) is 9.19. The normalized spacial score (nSPS) is 27.6. The number of hydrogen-bond donors (Lipinski definition) is 0. The Bertz CT molecular complexity index is 301. The van der Waals surface area contributed by atoms with E-state index in [9.17, 15) is 4.79 Å². The zero-order valence-electron chi connectivity index (χ0n) is 7.42. The van der Waals surface area contributed by atoms with Crippen LogP contribution in [0, 0.1) is 17.8 Å². The molecule has 0 bridgehead atoms. The Hall–Kier alpha value is -1.29. The molecule has 0 radical (unpaired) electrons. The molecule has 0 aromatic carbocycles. The van der Waals surface area contributed by atoms with Gasteiger partial charge in [-0.25, -0.2) is 0 Å². The molecule has 0 amide bonds. The molecule has 0 aromatic rings. The first-order valence-corrected chi connectivity index (χ1v) is 3.94. The lowest BCUT2D eigenvalue weighted by Gasteiger charge is -2.24. The first kappa shape index (κ1) is 8.80. The molecule has 1 aliphatic rings. The van der Waals surface area contributed by atoms with Crippen LogP contribution in [-0.4, -0.2) is 5.78 Å². The van der Waals surface area contributed by atoms with Crippen molar-refractivity contribution in [1.82, 2.24) is 0 Å². The Morgan fingerprint density at radius 1 is 1.75 bits per heavy atom. The molecule has 1 rings (SSSR count). The summed E-state index contributed by atoms with van der Waals surface area (Å²) in [6.07, 6.45) is 11.6. The van der Waals surface area contributed by atoms with Gasteiger partial charge in [-0.15, -0.1) is 6.42 Å². The molecule has 0 fully saturated rings. The van der Waals surface area contributed by atoms with Gasteiger partial charge in [0.2, 0.25) is 5.78 Å². The van der Waals surface area contributed by atoms with Crippen LogP contribution in [0.4, 0.5) is 0 Å². The molecule has 1 nitrogen and oxygen atoms in total. The molecule has 0 saturated heterocycles. The van der Waals surface area contributed by atoms with Gasteiger partial charge in [-0.1, -0.05) is 23.8 Å². The molecule has 12 heavy (non-hydrogen) atoms. The van der Waals surface area contributed by atoms with Crippen LogP contribution in [0.3, 0.4) is 0 Å². The highest BCUT2D eigenvalue weighted by Crippen LogP contribution is 2.31. The minimum Gasteiger partial charge on any atom is -0.284 e. The SMILES string of the molecule is C#CC(=O)C1(C)C=CC=C(C)C1. The van der Waals surface area contributed by atoms with Crippen molar-refractivity contribution in [2.75, 3.05) is 0 Å². The number of carbonyl (C=O) groups is 1. The monoisotopic (exact) mass is 160 g/mol. The fourth-order valence-corrected chi connectivity index (χ4v) is 1.44. The number of allylic oxidation sites excluding steroid dienone is 4. The second-order valence-electron chi connectivity index (χ2n) is 3.44. The molecule has 0 N–H and O–H groups in total. The second kappa shape index (κ2) is 2.98. The van der Waals surface area contributed by atoms with Gasteiger partial charge in [0.15, 0.2) is 0 Å². The topological polar surface area (TPSA) is 17.1 Å². The number of hydrogen-bond acceptors (Lipinski definition) is 1. The number of rotatable bonds is 1. The van der Waals surface area contributed by atoms with E-state index in [2.05, 4.69) is 5.92 Å². The van der Waals surface area contributed by atoms with Crippen molar-refractivity contribution >= 4 is 5.78 Å². The summed E-state index contributed by atoms with van der Waals surface area (Å²) in [6.45, 7) is 3.88. The van der Waals surface area contributed by atoms with E-state index in [1.165, 1.54) is 5.57 Å². The number of carbonyl (C=O) groups excluding carboxylic acids is 1. The highest BCUT2D eigenvalue weighted by molar-refractivity contribution is 6.01. The zero-order valence-corrected chi connectivity index (χ0v) is 7.42.